The van der Waals surface area contributed by atoms with E-state index in [1.54, 1.807) is 11.0 Å². The molecule has 2 aromatic rings. The fourth-order valence-corrected chi connectivity index (χ4v) is 2.70. The fourth-order valence-electron chi connectivity index (χ4n) is 2.70. The number of fused-ring (bicyclic) bond motifs is 1. The number of hydrogen-bond acceptors (Lipinski definition) is 5. The molecule has 24 heavy (non-hydrogen) atoms. The zero-order valence-corrected chi connectivity index (χ0v) is 13.9. The third kappa shape index (κ3) is 3.84. The van der Waals surface area contributed by atoms with Gasteiger partial charge in [0.2, 0.25) is 5.91 Å². The summed E-state index contributed by atoms with van der Waals surface area (Å²) in [6.07, 6.45) is 3.43. The Labute approximate surface area is 141 Å². The monoisotopic (exact) mass is 330 g/mol. The van der Waals surface area contributed by atoms with Crippen molar-refractivity contribution in [3.05, 3.63) is 36.4 Å². The quantitative estimate of drug-likeness (QED) is 0.876. The predicted molar refractivity (Wildman–Crippen MR) is 87.8 cm³/mol. The minimum absolute atomic E-state index is 0.0147. The number of nitrogens with zero attached hydrogens (tertiary/aromatic N) is 3. The van der Waals surface area contributed by atoms with Gasteiger partial charge < -0.3 is 14.8 Å². The van der Waals surface area contributed by atoms with Crippen LogP contribution in [0.3, 0.4) is 0 Å². The Morgan fingerprint density at radius 2 is 2.08 bits per heavy atom. The van der Waals surface area contributed by atoms with Gasteiger partial charge in [0.25, 0.3) is 0 Å². The number of aryl methyl sites for hydroxylation is 1. The molecule has 7 nitrogen and oxygen atoms in total. The van der Waals surface area contributed by atoms with Gasteiger partial charge in [-0.2, -0.15) is 5.10 Å². The van der Waals surface area contributed by atoms with Gasteiger partial charge in [0.05, 0.1) is 12.6 Å². The highest BCUT2D eigenvalue weighted by Crippen LogP contribution is 2.34. The number of aromatic nitrogens is 3. The van der Waals surface area contributed by atoms with E-state index in [1.165, 1.54) is 6.33 Å². The van der Waals surface area contributed by atoms with Crippen LogP contribution in [0.4, 0.5) is 0 Å². The first kappa shape index (κ1) is 16.3. The lowest BCUT2D eigenvalue weighted by Crippen LogP contribution is -2.32. The topological polar surface area (TPSA) is 78.3 Å². The molecule has 1 atom stereocenters. The molecule has 0 saturated heterocycles. The summed E-state index contributed by atoms with van der Waals surface area (Å²) >= 11 is 0. The summed E-state index contributed by atoms with van der Waals surface area (Å²) in [6.45, 7) is 5.79. The van der Waals surface area contributed by atoms with E-state index < -0.39 is 0 Å². The molecule has 1 N–H and O–H groups in total. The van der Waals surface area contributed by atoms with E-state index in [0.29, 0.717) is 26.2 Å². The Balaban J connectivity index is 1.67. The summed E-state index contributed by atoms with van der Waals surface area (Å²) in [6, 6.07) is 5.76. The summed E-state index contributed by atoms with van der Waals surface area (Å²) in [5.41, 5.74) is 1.02. The number of carbonyl (C=O) groups is 1. The highest BCUT2D eigenvalue weighted by Gasteiger charge is 2.21. The van der Waals surface area contributed by atoms with Crippen LogP contribution in [0.15, 0.2) is 30.9 Å². The van der Waals surface area contributed by atoms with E-state index >= 15 is 0 Å². The minimum Gasteiger partial charge on any atom is -0.486 e. The number of benzene rings is 1. The van der Waals surface area contributed by atoms with Crippen molar-refractivity contribution in [3.8, 4) is 11.5 Å². The summed E-state index contributed by atoms with van der Waals surface area (Å²) in [7, 11) is 0. The second kappa shape index (κ2) is 7.33. The maximum Gasteiger partial charge on any atom is 0.222 e. The average molecular weight is 330 g/mol. The van der Waals surface area contributed by atoms with E-state index in [2.05, 4.69) is 29.2 Å². The fraction of sp³-hybridized carbons (Fsp3) is 0.471. The molecule has 2 heterocycles. The van der Waals surface area contributed by atoms with Crippen molar-refractivity contribution in [3.63, 3.8) is 0 Å². The van der Waals surface area contributed by atoms with Crippen molar-refractivity contribution in [2.75, 3.05) is 13.2 Å². The number of hydrogen-bond donors (Lipinski definition) is 1. The summed E-state index contributed by atoms with van der Waals surface area (Å²) < 4.78 is 12.8. The molecule has 3 rings (SSSR count). The summed E-state index contributed by atoms with van der Waals surface area (Å²) in [5.74, 6) is 1.73. The molecule has 0 bridgehead atoms. The number of rotatable bonds is 6. The first-order chi connectivity index (χ1) is 11.6. The summed E-state index contributed by atoms with van der Waals surface area (Å²) in [5, 5.41) is 7.11. The highest BCUT2D eigenvalue weighted by molar-refractivity contribution is 5.76. The van der Waals surface area contributed by atoms with E-state index in [-0.39, 0.29) is 17.9 Å². The Kier molecular flexibility index (Phi) is 4.98. The lowest BCUT2D eigenvalue weighted by atomic mass is 9.95. The van der Waals surface area contributed by atoms with Crippen LogP contribution in [0.1, 0.15) is 31.9 Å². The number of carbonyl (C=O) groups excluding carboxylic acids is 1. The molecule has 1 aliphatic rings. The van der Waals surface area contributed by atoms with Crippen LogP contribution >= 0.6 is 0 Å². The minimum atomic E-state index is -0.0796. The van der Waals surface area contributed by atoms with E-state index in [4.69, 9.17) is 9.47 Å². The van der Waals surface area contributed by atoms with Gasteiger partial charge in [-0.1, -0.05) is 19.9 Å². The van der Waals surface area contributed by atoms with Crippen molar-refractivity contribution in [2.45, 2.75) is 32.9 Å². The van der Waals surface area contributed by atoms with Gasteiger partial charge in [-0.3, -0.25) is 9.48 Å². The second-order valence-corrected chi connectivity index (χ2v) is 6.10. The van der Waals surface area contributed by atoms with Crippen LogP contribution < -0.4 is 14.8 Å². The molecule has 0 aliphatic carbocycles. The van der Waals surface area contributed by atoms with Gasteiger partial charge in [0.1, 0.15) is 25.9 Å². The van der Waals surface area contributed by atoms with Crippen LogP contribution in [0.25, 0.3) is 0 Å². The first-order valence-corrected chi connectivity index (χ1v) is 8.15. The van der Waals surface area contributed by atoms with Crippen molar-refractivity contribution in [2.24, 2.45) is 5.92 Å². The Hall–Kier alpha value is -2.57. The van der Waals surface area contributed by atoms with Gasteiger partial charge in [0.15, 0.2) is 11.5 Å². The van der Waals surface area contributed by atoms with Gasteiger partial charge in [-0.15, -0.1) is 0 Å². The average Bonchev–Trinajstić information content (AvgIpc) is 3.10. The third-order valence-electron chi connectivity index (χ3n) is 3.94. The Morgan fingerprint density at radius 1 is 1.29 bits per heavy atom. The van der Waals surface area contributed by atoms with Crippen LogP contribution in [-0.4, -0.2) is 33.9 Å². The lowest BCUT2D eigenvalue weighted by molar-refractivity contribution is -0.122. The van der Waals surface area contributed by atoms with Gasteiger partial charge >= 0.3 is 0 Å². The van der Waals surface area contributed by atoms with Gasteiger partial charge in [-0.25, -0.2) is 4.98 Å². The predicted octanol–water partition coefficient (Wildman–Crippen LogP) is 1.95. The molecule has 1 aromatic carbocycles. The standard InChI is InChI=1S/C17H22N4O3/c1-12(2)17(20-16(22)5-6-21-11-18-10-19-21)13-3-4-14-15(9-13)24-8-7-23-14/h3-4,9-12,17H,5-8H2,1-2H3,(H,20,22). The smallest absolute Gasteiger partial charge is 0.222 e. The first-order valence-electron chi connectivity index (χ1n) is 8.15. The molecule has 0 spiro atoms. The second-order valence-electron chi connectivity index (χ2n) is 6.10. The Morgan fingerprint density at radius 3 is 2.79 bits per heavy atom. The number of nitrogens with one attached hydrogen (secondary N) is 1. The van der Waals surface area contributed by atoms with Crippen molar-refractivity contribution >= 4 is 5.91 Å². The van der Waals surface area contributed by atoms with Crippen LogP contribution in [0, 0.1) is 5.92 Å². The molecule has 1 amide bonds. The normalized spacial score (nSPS) is 14.5. The molecule has 0 saturated carbocycles. The third-order valence-corrected chi connectivity index (χ3v) is 3.94. The largest absolute Gasteiger partial charge is 0.486 e. The van der Waals surface area contributed by atoms with Crippen LogP contribution in [0.5, 0.6) is 11.5 Å². The zero-order valence-electron chi connectivity index (χ0n) is 13.9. The SMILES string of the molecule is CC(C)C(NC(=O)CCn1cncn1)c1ccc2c(c1)OCCO2. The van der Waals surface area contributed by atoms with Crippen LogP contribution in [0.2, 0.25) is 0 Å². The maximum atomic E-state index is 12.3. The van der Waals surface area contributed by atoms with E-state index in [9.17, 15) is 4.79 Å². The van der Waals surface area contributed by atoms with Gasteiger partial charge in [0, 0.05) is 6.42 Å². The number of ether oxygens (including phenoxy) is 2. The molecule has 1 unspecified atom stereocenters. The Bertz CT molecular complexity index is 685. The summed E-state index contributed by atoms with van der Waals surface area (Å²) in [4.78, 5) is 16.2. The molecule has 7 heteroatoms. The van der Waals surface area contributed by atoms with E-state index in [1.807, 2.05) is 18.2 Å². The molecule has 1 aromatic heterocycles. The van der Waals surface area contributed by atoms with Crippen LogP contribution in [-0.2, 0) is 11.3 Å². The van der Waals surface area contributed by atoms with E-state index in [0.717, 1.165) is 17.1 Å². The molecule has 0 fully saturated rings. The van der Waals surface area contributed by atoms with Crippen molar-refractivity contribution < 1.29 is 14.3 Å². The van der Waals surface area contributed by atoms with Gasteiger partial charge in [-0.05, 0) is 23.6 Å². The number of amides is 1. The molecular weight excluding hydrogens is 308 g/mol. The highest BCUT2D eigenvalue weighted by atomic mass is 16.6. The molecular formula is C17H22N4O3. The van der Waals surface area contributed by atoms with Crippen molar-refractivity contribution in [1.82, 2.24) is 20.1 Å². The molecule has 0 radical (unpaired) electrons. The lowest BCUT2D eigenvalue weighted by Gasteiger charge is -2.25. The maximum absolute atomic E-state index is 12.3. The molecule has 1 aliphatic heterocycles. The van der Waals surface area contributed by atoms with Crippen molar-refractivity contribution in [1.29, 1.82) is 0 Å². The molecule has 128 valence electrons. The zero-order chi connectivity index (χ0) is 16.9.